The van der Waals surface area contributed by atoms with E-state index in [1.54, 1.807) is 12.1 Å². The number of hydrogen-bond donors (Lipinski definition) is 1. The second kappa shape index (κ2) is 4.72. The highest BCUT2D eigenvalue weighted by atomic mass is 32.2. The molecule has 1 unspecified atom stereocenters. The van der Waals surface area contributed by atoms with Crippen LogP contribution in [-0.2, 0) is 20.0 Å². The fourth-order valence-electron chi connectivity index (χ4n) is 1.48. The summed E-state index contributed by atoms with van der Waals surface area (Å²) in [6, 6.07) is 6.46. The van der Waals surface area contributed by atoms with E-state index in [1.807, 2.05) is 26.8 Å². The number of aliphatic carboxylic acids is 1. The SMILES string of the molecule is CC(C(=O)O)S(=O)(=O)c1cccc(C(C)(C)C)c1. The van der Waals surface area contributed by atoms with Gasteiger partial charge in [0.05, 0.1) is 4.90 Å². The normalized spacial score (nSPS) is 14.2. The number of sulfone groups is 1. The van der Waals surface area contributed by atoms with Gasteiger partial charge in [-0.2, -0.15) is 0 Å². The van der Waals surface area contributed by atoms with Crippen LogP contribution in [0.4, 0.5) is 0 Å². The summed E-state index contributed by atoms with van der Waals surface area (Å²) in [5.41, 5.74) is 0.680. The maximum absolute atomic E-state index is 12.1. The topological polar surface area (TPSA) is 71.4 Å². The maximum atomic E-state index is 12.1. The lowest BCUT2D eigenvalue weighted by Crippen LogP contribution is -2.27. The minimum atomic E-state index is -3.82. The Hall–Kier alpha value is -1.36. The molecule has 0 amide bonds. The van der Waals surface area contributed by atoms with Crippen LogP contribution in [0.3, 0.4) is 0 Å². The fourth-order valence-corrected chi connectivity index (χ4v) is 2.71. The molecule has 0 fully saturated rings. The van der Waals surface area contributed by atoms with Crippen LogP contribution >= 0.6 is 0 Å². The molecule has 0 saturated carbocycles. The number of benzene rings is 1. The van der Waals surface area contributed by atoms with Crippen molar-refractivity contribution in [3.05, 3.63) is 29.8 Å². The average Bonchev–Trinajstić information content (AvgIpc) is 2.27. The highest BCUT2D eigenvalue weighted by Crippen LogP contribution is 2.26. The zero-order chi connectivity index (χ0) is 14.1. The van der Waals surface area contributed by atoms with Crippen molar-refractivity contribution >= 4 is 15.8 Å². The summed E-state index contributed by atoms with van der Waals surface area (Å²) in [6.45, 7) is 7.10. The number of carbonyl (C=O) groups is 1. The lowest BCUT2D eigenvalue weighted by atomic mass is 9.87. The van der Waals surface area contributed by atoms with Gasteiger partial charge in [0.2, 0.25) is 0 Å². The van der Waals surface area contributed by atoms with Crippen LogP contribution in [0.1, 0.15) is 33.3 Å². The quantitative estimate of drug-likeness (QED) is 0.914. The Morgan fingerprint density at radius 3 is 2.28 bits per heavy atom. The molecule has 1 atom stereocenters. The summed E-state index contributed by atoms with van der Waals surface area (Å²) in [5, 5.41) is 7.39. The first-order valence-electron chi connectivity index (χ1n) is 5.64. The number of carboxylic acids is 1. The Morgan fingerprint density at radius 2 is 1.83 bits per heavy atom. The Labute approximate surface area is 108 Å². The van der Waals surface area contributed by atoms with E-state index in [4.69, 9.17) is 5.11 Å². The van der Waals surface area contributed by atoms with E-state index in [9.17, 15) is 13.2 Å². The van der Waals surface area contributed by atoms with Gasteiger partial charge < -0.3 is 5.11 Å². The van der Waals surface area contributed by atoms with E-state index in [2.05, 4.69) is 0 Å². The second-order valence-corrected chi connectivity index (χ2v) is 7.57. The van der Waals surface area contributed by atoms with E-state index < -0.39 is 21.1 Å². The highest BCUT2D eigenvalue weighted by Gasteiger charge is 2.30. The first kappa shape index (κ1) is 14.7. The number of rotatable bonds is 3. The number of hydrogen-bond acceptors (Lipinski definition) is 3. The molecule has 5 heteroatoms. The molecule has 0 saturated heterocycles. The van der Waals surface area contributed by atoms with Crippen molar-refractivity contribution in [3.63, 3.8) is 0 Å². The van der Waals surface area contributed by atoms with Gasteiger partial charge in [0.15, 0.2) is 15.1 Å². The largest absolute Gasteiger partial charge is 0.480 e. The van der Waals surface area contributed by atoms with Crippen molar-refractivity contribution in [3.8, 4) is 0 Å². The van der Waals surface area contributed by atoms with Gasteiger partial charge in [-0.3, -0.25) is 4.79 Å². The summed E-state index contributed by atoms with van der Waals surface area (Å²) in [5.74, 6) is -1.34. The molecule has 1 rings (SSSR count). The van der Waals surface area contributed by atoms with Crippen LogP contribution in [0.25, 0.3) is 0 Å². The van der Waals surface area contributed by atoms with Gasteiger partial charge in [0.25, 0.3) is 0 Å². The lowest BCUT2D eigenvalue weighted by molar-refractivity contribution is -0.136. The standard InChI is InChI=1S/C13H18O4S/c1-9(12(14)15)18(16,17)11-7-5-6-10(8-11)13(2,3)4/h5-9H,1-4H3,(H,14,15). The van der Waals surface area contributed by atoms with Crippen molar-refractivity contribution in [2.45, 2.75) is 43.3 Å². The van der Waals surface area contributed by atoms with E-state index in [0.717, 1.165) is 5.56 Å². The molecule has 0 bridgehead atoms. The zero-order valence-electron chi connectivity index (χ0n) is 11.0. The van der Waals surface area contributed by atoms with Gasteiger partial charge in [-0.05, 0) is 30.0 Å². The summed E-state index contributed by atoms with van der Waals surface area (Å²) >= 11 is 0. The zero-order valence-corrected chi connectivity index (χ0v) is 11.8. The van der Waals surface area contributed by atoms with Crippen LogP contribution in [0.15, 0.2) is 29.2 Å². The van der Waals surface area contributed by atoms with Gasteiger partial charge >= 0.3 is 5.97 Å². The van der Waals surface area contributed by atoms with E-state index in [0.29, 0.717) is 0 Å². The summed E-state index contributed by atoms with van der Waals surface area (Å²) in [7, 11) is -3.82. The predicted octanol–water partition coefficient (Wildman–Crippen LogP) is 2.23. The van der Waals surface area contributed by atoms with Crippen molar-refractivity contribution in [1.29, 1.82) is 0 Å². The van der Waals surface area contributed by atoms with E-state index >= 15 is 0 Å². The molecule has 0 aromatic heterocycles. The second-order valence-electron chi connectivity index (χ2n) is 5.30. The molecule has 4 nitrogen and oxygen atoms in total. The third-order valence-electron chi connectivity index (χ3n) is 2.84. The van der Waals surface area contributed by atoms with Gasteiger partial charge in [0, 0.05) is 0 Å². The monoisotopic (exact) mass is 270 g/mol. The van der Waals surface area contributed by atoms with Gasteiger partial charge in [0.1, 0.15) is 0 Å². The molecule has 100 valence electrons. The van der Waals surface area contributed by atoms with E-state index in [-0.39, 0.29) is 10.3 Å². The first-order chi connectivity index (χ1) is 8.06. The number of carboxylic acid groups (broad SMARTS) is 1. The average molecular weight is 270 g/mol. The van der Waals surface area contributed by atoms with Gasteiger partial charge in [-0.25, -0.2) is 8.42 Å². The molecule has 1 aromatic carbocycles. The smallest absolute Gasteiger partial charge is 0.321 e. The van der Waals surface area contributed by atoms with Crippen LogP contribution in [0.5, 0.6) is 0 Å². The fraction of sp³-hybridized carbons (Fsp3) is 0.462. The molecule has 0 spiro atoms. The molecule has 1 N–H and O–H groups in total. The molecular formula is C13H18O4S. The van der Waals surface area contributed by atoms with Crippen molar-refractivity contribution < 1.29 is 18.3 Å². The highest BCUT2D eigenvalue weighted by molar-refractivity contribution is 7.92. The molecule has 0 heterocycles. The molecule has 0 aliphatic heterocycles. The van der Waals surface area contributed by atoms with Gasteiger partial charge in [-0.1, -0.05) is 32.9 Å². The molecule has 1 aromatic rings. The lowest BCUT2D eigenvalue weighted by Gasteiger charge is -2.20. The Kier molecular flexibility index (Phi) is 3.86. The molecule has 18 heavy (non-hydrogen) atoms. The first-order valence-corrected chi connectivity index (χ1v) is 7.18. The van der Waals surface area contributed by atoms with Crippen LogP contribution in [0.2, 0.25) is 0 Å². The third kappa shape index (κ3) is 2.90. The van der Waals surface area contributed by atoms with Crippen LogP contribution < -0.4 is 0 Å². The summed E-state index contributed by atoms with van der Waals surface area (Å²) < 4.78 is 24.1. The van der Waals surface area contributed by atoms with Crippen LogP contribution in [0, 0.1) is 0 Å². The minimum absolute atomic E-state index is 0.0600. The van der Waals surface area contributed by atoms with Crippen molar-refractivity contribution in [1.82, 2.24) is 0 Å². The predicted molar refractivity (Wildman–Crippen MR) is 69.4 cm³/mol. The Balaban J connectivity index is 3.31. The maximum Gasteiger partial charge on any atom is 0.321 e. The molecule has 0 radical (unpaired) electrons. The third-order valence-corrected chi connectivity index (χ3v) is 4.89. The molecule has 0 aliphatic rings. The summed E-state index contributed by atoms with van der Waals surface area (Å²) in [6.07, 6.45) is 0. The van der Waals surface area contributed by atoms with Crippen molar-refractivity contribution in [2.24, 2.45) is 0 Å². The van der Waals surface area contributed by atoms with Crippen molar-refractivity contribution in [2.75, 3.05) is 0 Å². The van der Waals surface area contributed by atoms with Gasteiger partial charge in [-0.15, -0.1) is 0 Å². The summed E-state index contributed by atoms with van der Waals surface area (Å²) in [4.78, 5) is 10.9. The molecular weight excluding hydrogens is 252 g/mol. The minimum Gasteiger partial charge on any atom is -0.480 e. The van der Waals surface area contributed by atoms with E-state index in [1.165, 1.54) is 13.0 Å². The Bertz CT molecular complexity index is 553. The Morgan fingerprint density at radius 1 is 1.28 bits per heavy atom. The van der Waals surface area contributed by atoms with Crippen LogP contribution in [-0.4, -0.2) is 24.7 Å². The molecule has 0 aliphatic carbocycles.